The summed E-state index contributed by atoms with van der Waals surface area (Å²) in [6.07, 6.45) is 2.23. The maximum atomic E-state index is 12.1. The van der Waals surface area contributed by atoms with Crippen molar-refractivity contribution in [1.29, 1.82) is 0 Å². The van der Waals surface area contributed by atoms with Crippen molar-refractivity contribution in [3.8, 4) is 17.2 Å². The molecule has 0 aliphatic rings. The fraction of sp³-hybridized carbons (Fsp3) is 0.158. The predicted molar refractivity (Wildman–Crippen MR) is 91.0 cm³/mol. The van der Waals surface area contributed by atoms with Gasteiger partial charge in [-0.25, -0.2) is 4.98 Å². The van der Waals surface area contributed by atoms with Gasteiger partial charge in [0.25, 0.3) is 5.91 Å². The van der Waals surface area contributed by atoms with Crippen LogP contribution in [0.3, 0.4) is 0 Å². The number of nitrogens with zero attached hydrogens (tertiary/aromatic N) is 1. The van der Waals surface area contributed by atoms with Gasteiger partial charge in [-0.2, -0.15) is 0 Å². The van der Waals surface area contributed by atoms with Gasteiger partial charge in [-0.05, 0) is 30.3 Å². The Balaban J connectivity index is 1.55. The van der Waals surface area contributed by atoms with E-state index < -0.39 is 0 Å². The Kier molecular flexibility index (Phi) is 4.91. The molecule has 24 heavy (non-hydrogen) atoms. The van der Waals surface area contributed by atoms with E-state index in [0.29, 0.717) is 30.2 Å². The van der Waals surface area contributed by atoms with Gasteiger partial charge in [-0.3, -0.25) is 4.79 Å². The molecule has 0 saturated carbocycles. The van der Waals surface area contributed by atoms with Crippen LogP contribution in [0.1, 0.15) is 16.1 Å². The summed E-state index contributed by atoms with van der Waals surface area (Å²) >= 11 is 0. The van der Waals surface area contributed by atoms with E-state index in [1.165, 1.54) is 0 Å². The second kappa shape index (κ2) is 7.46. The first kappa shape index (κ1) is 15.8. The smallest absolute Gasteiger partial charge is 0.251 e. The molecule has 1 heterocycles. The maximum absolute atomic E-state index is 12.1. The Morgan fingerprint density at radius 3 is 2.79 bits per heavy atom. The molecule has 0 atom stereocenters. The first-order chi connectivity index (χ1) is 11.8. The van der Waals surface area contributed by atoms with Crippen LogP contribution in [0.2, 0.25) is 0 Å². The number of nitrogens with one attached hydrogen (secondary N) is 1. The van der Waals surface area contributed by atoms with Gasteiger partial charge in [0.15, 0.2) is 0 Å². The van der Waals surface area contributed by atoms with E-state index in [-0.39, 0.29) is 5.91 Å². The first-order valence-electron chi connectivity index (χ1n) is 7.68. The number of aromatic nitrogens is 1. The molecule has 0 unspecified atom stereocenters. The van der Waals surface area contributed by atoms with Gasteiger partial charge < -0.3 is 14.5 Å². The minimum atomic E-state index is -0.138. The number of hydrogen-bond donors (Lipinski definition) is 1. The van der Waals surface area contributed by atoms with Crippen LogP contribution in [0.4, 0.5) is 0 Å². The Hall–Kier alpha value is -3.08. The molecule has 0 aliphatic carbocycles. The molecule has 1 N–H and O–H groups in total. The molecule has 2 aromatic carbocycles. The van der Waals surface area contributed by atoms with E-state index in [0.717, 1.165) is 11.3 Å². The third-order valence-corrected chi connectivity index (χ3v) is 3.57. The number of oxazole rings is 1. The third kappa shape index (κ3) is 3.81. The summed E-state index contributed by atoms with van der Waals surface area (Å²) in [4.78, 5) is 16.6. The van der Waals surface area contributed by atoms with Gasteiger partial charge in [0, 0.05) is 24.1 Å². The van der Waals surface area contributed by atoms with E-state index in [1.807, 2.05) is 30.3 Å². The second-order valence-electron chi connectivity index (χ2n) is 5.25. The monoisotopic (exact) mass is 322 g/mol. The maximum Gasteiger partial charge on any atom is 0.251 e. The predicted octanol–water partition coefficient (Wildman–Crippen LogP) is 3.32. The van der Waals surface area contributed by atoms with Crippen molar-refractivity contribution in [2.45, 2.75) is 6.42 Å². The minimum absolute atomic E-state index is 0.138. The van der Waals surface area contributed by atoms with E-state index in [4.69, 9.17) is 9.15 Å². The number of ether oxygens (including phenoxy) is 1. The number of carbonyl (C=O) groups is 1. The van der Waals surface area contributed by atoms with Crippen molar-refractivity contribution < 1.29 is 13.9 Å². The minimum Gasteiger partial charge on any atom is -0.497 e. The van der Waals surface area contributed by atoms with Gasteiger partial charge in [-0.1, -0.05) is 24.3 Å². The van der Waals surface area contributed by atoms with E-state index in [9.17, 15) is 4.79 Å². The van der Waals surface area contributed by atoms with E-state index >= 15 is 0 Å². The number of carbonyl (C=O) groups excluding carboxylic acids is 1. The van der Waals surface area contributed by atoms with Crippen LogP contribution in [0.5, 0.6) is 5.75 Å². The zero-order valence-corrected chi connectivity index (χ0v) is 13.4. The van der Waals surface area contributed by atoms with Crippen LogP contribution < -0.4 is 10.1 Å². The summed E-state index contributed by atoms with van der Waals surface area (Å²) in [5, 5.41) is 2.87. The number of amides is 1. The van der Waals surface area contributed by atoms with Crippen LogP contribution in [0.25, 0.3) is 11.5 Å². The average molecular weight is 322 g/mol. The van der Waals surface area contributed by atoms with Crippen LogP contribution in [0.15, 0.2) is 65.3 Å². The molecule has 0 fully saturated rings. The highest BCUT2D eigenvalue weighted by atomic mass is 16.5. The highest BCUT2D eigenvalue weighted by Crippen LogP contribution is 2.18. The Bertz CT molecular complexity index is 812. The standard InChI is InChI=1S/C19H18N2O3/c1-23-17-9-5-8-15(12-17)18(22)20-11-10-16-13-24-19(21-16)14-6-3-2-4-7-14/h2-9,12-13H,10-11H2,1H3,(H,20,22). The second-order valence-corrected chi connectivity index (χ2v) is 5.25. The summed E-state index contributed by atoms with van der Waals surface area (Å²) in [5.41, 5.74) is 2.31. The molecule has 0 radical (unpaired) electrons. The lowest BCUT2D eigenvalue weighted by molar-refractivity contribution is 0.0953. The van der Waals surface area contributed by atoms with Crippen molar-refractivity contribution in [2.24, 2.45) is 0 Å². The van der Waals surface area contributed by atoms with Crippen LogP contribution >= 0.6 is 0 Å². The molecular formula is C19H18N2O3. The first-order valence-corrected chi connectivity index (χ1v) is 7.68. The van der Waals surface area contributed by atoms with Crippen molar-refractivity contribution in [2.75, 3.05) is 13.7 Å². The molecule has 0 spiro atoms. The van der Waals surface area contributed by atoms with Gasteiger partial charge in [-0.15, -0.1) is 0 Å². The molecule has 0 saturated heterocycles. The van der Waals surface area contributed by atoms with Crippen molar-refractivity contribution in [3.63, 3.8) is 0 Å². The molecule has 122 valence electrons. The normalized spacial score (nSPS) is 10.4. The number of rotatable bonds is 6. The van der Waals surface area contributed by atoms with Crippen molar-refractivity contribution >= 4 is 5.91 Å². The summed E-state index contributed by atoms with van der Waals surface area (Å²) in [5.74, 6) is 1.11. The zero-order chi connectivity index (χ0) is 16.8. The molecule has 0 bridgehead atoms. The molecule has 5 nitrogen and oxygen atoms in total. The lowest BCUT2D eigenvalue weighted by Crippen LogP contribution is -2.25. The SMILES string of the molecule is COc1cccc(C(=O)NCCc2coc(-c3ccccc3)n2)c1. The molecule has 3 aromatic rings. The van der Waals surface area contributed by atoms with Crippen LogP contribution in [-0.4, -0.2) is 24.5 Å². The average Bonchev–Trinajstić information content (AvgIpc) is 3.11. The van der Waals surface area contributed by atoms with Crippen molar-refractivity contribution in [1.82, 2.24) is 10.3 Å². The Morgan fingerprint density at radius 2 is 2.00 bits per heavy atom. The van der Waals surface area contributed by atoms with Gasteiger partial charge in [0.2, 0.25) is 5.89 Å². The van der Waals surface area contributed by atoms with Gasteiger partial charge in [0.1, 0.15) is 12.0 Å². The number of benzene rings is 2. The van der Waals surface area contributed by atoms with Gasteiger partial charge in [0.05, 0.1) is 12.8 Å². The fourth-order valence-corrected chi connectivity index (χ4v) is 2.31. The highest BCUT2D eigenvalue weighted by molar-refractivity contribution is 5.94. The quantitative estimate of drug-likeness (QED) is 0.756. The fourth-order valence-electron chi connectivity index (χ4n) is 2.31. The third-order valence-electron chi connectivity index (χ3n) is 3.57. The highest BCUT2D eigenvalue weighted by Gasteiger charge is 2.08. The van der Waals surface area contributed by atoms with Crippen LogP contribution in [-0.2, 0) is 6.42 Å². The molecule has 0 aliphatic heterocycles. The largest absolute Gasteiger partial charge is 0.497 e. The summed E-state index contributed by atoms with van der Waals surface area (Å²) in [6, 6.07) is 16.8. The lowest BCUT2D eigenvalue weighted by Gasteiger charge is -2.05. The Labute approximate surface area is 140 Å². The molecule has 1 amide bonds. The van der Waals surface area contributed by atoms with Crippen molar-refractivity contribution in [3.05, 3.63) is 72.1 Å². The topological polar surface area (TPSA) is 64.4 Å². The zero-order valence-electron chi connectivity index (χ0n) is 13.4. The molecule has 3 rings (SSSR count). The summed E-state index contributed by atoms with van der Waals surface area (Å²) in [7, 11) is 1.58. The Morgan fingerprint density at radius 1 is 1.17 bits per heavy atom. The molecule has 1 aromatic heterocycles. The van der Waals surface area contributed by atoms with E-state index in [1.54, 1.807) is 37.6 Å². The van der Waals surface area contributed by atoms with Crippen LogP contribution in [0, 0.1) is 0 Å². The molecular weight excluding hydrogens is 304 g/mol. The molecule has 5 heteroatoms. The lowest BCUT2D eigenvalue weighted by atomic mass is 10.2. The number of hydrogen-bond acceptors (Lipinski definition) is 4. The van der Waals surface area contributed by atoms with Gasteiger partial charge >= 0.3 is 0 Å². The van der Waals surface area contributed by atoms with E-state index in [2.05, 4.69) is 10.3 Å². The summed E-state index contributed by atoms with van der Waals surface area (Å²) < 4.78 is 10.6. The number of methoxy groups -OCH3 is 1. The summed E-state index contributed by atoms with van der Waals surface area (Å²) in [6.45, 7) is 0.483.